The molecule has 1 unspecified atom stereocenters. The summed E-state index contributed by atoms with van der Waals surface area (Å²) in [7, 11) is 0. The molecular weight excluding hydrogens is 428 g/mol. The minimum atomic E-state index is -1.21. The first-order valence-electron chi connectivity index (χ1n) is 10.0. The van der Waals surface area contributed by atoms with E-state index in [0.717, 1.165) is 5.56 Å². The molecular formula is C24H20N2O7. The van der Waals surface area contributed by atoms with Crippen molar-refractivity contribution in [2.75, 3.05) is 6.79 Å². The van der Waals surface area contributed by atoms with Crippen LogP contribution in [0.5, 0.6) is 11.5 Å². The summed E-state index contributed by atoms with van der Waals surface area (Å²) < 4.78 is 15.7. The molecule has 3 N–H and O–H groups in total. The Labute approximate surface area is 188 Å². The number of carbonyl (C=O) groups is 3. The molecule has 9 heteroatoms. The van der Waals surface area contributed by atoms with Crippen molar-refractivity contribution < 1.29 is 33.4 Å². The van der Waals surface area contributed by atoms with Gasteiger partial charge in [0.1, 0.15) is 11.7 Å². The van der Waals surface area contributed by atoms with Crippen LogP contribution in [0, 0.1) is 0 Å². The number of carboxylic acid groups (broad SMARTS) is 1. The van der Waals surface area contributed by atoms with E-state index < -0.39 is 23.8 Å². The molecule has 0 radical (unpaired) electrons. The first-order chi connectivity index (χ1) is 16.0. The molecule has 1 aliphatic rings. The van der Waals surface area contributed by atoms with Crippen molar-refractivity contribution >= 4 is 23.9 Å². The molecule has 0 saturated carbocycles. The van der Waals surface area contributed by atoms with Crippen molar-refractivity contribution in [1.29, 1.82) is 0 Å². The highest BCUT2D eigenvalue weighted by Crippen LogP contribution is 2.33. The van der Waals surface area contributed by atoms with E-state index in [4.69, 9.17) is 13.9 Å². The number of hydrogen-bond donors (Lipinski definition) is 3. The third-order valence-electron chi connectivity index (χ3n) is 4.83. The van der Waals surface area contributed by atoms with Crippen LogP contribution in [0.1, 0.15) is 21.7 Å². The Kier molecular flexibility index (Phi) is 6.40. The molecule has 33 heavy (non-hydrogen) atoms. The Morgan fingerprint density at radius 3 is 2.52 bits per heavy atom. The van der Waals surface area contributed by atoms with Gasteiger partial charge in [0.05, 0.1) is 6.26 Å². The monoisotopic (exact) mass is 448 g/mol. The molecule has 9 nitrogen and oxygen atoms in total. The highest BCUT2D eigenvalue weighted by atomic mass is 16.7. The Balaban J connectivity index is 1.59. The number of aliphatic carboxylic acids is 1. The maximum absolute atomic E-state index is 13.0. The molecule has 2 aromatic carbocycles. The average molecular weight is 448 g/mol. The SMILES string of the molecule is O=C(NC(Cc1ccccc1)C(=O)O)/C(=C\c1ccc2c(c1)OCO2)NC(=O)c1ccco1. The summed E-state index contributed by atoms with van der Waals surface area (Å²) >= 11 is 0. The van der Waals surface area contributed by atoms with Gasteiger partial charge in [-0.25, -0.2) is 4.79 Å². The Morgan fingerprint density at radius 2 is 1.79 bits per heavy atom. The standard InChI is InChI=1S/C24H20N2O7/c27-22(26-18(24(29)30)11-15-5-2-1-3-6-15)17(25-23(28)20-7-4-10-31-20)12-16-8-9-19-21(13-16)33-14-32-19/h1-10,12-13,18H,11,14H2,(H,25,28)(H,26,27)(H,29,30)/b17-12+. The maximum Gasteiger partial charge on any atom is 0.326 e. The number of ether oxygens (including phenoxy) is 2. The Hall–Kier alpha value is -4.53. The molecule has 4 rings (SSSR count). The molecule has 1 atom stereocenters. The number of nitrogens with one attached hydrogen (secondary N) is 2. The van der Waals surface area contributed by atoms with Crippen molar-refractivity contribution in [2.24, 2.45) is 0 Å². The number of carboxylic acids is 1. The summed E-state index contributed by atoms with van der Waals surface area (Å²) in [5.41, 5.74) is 1.12. The van der Waals surface area contributed by atoms with Gasteiger partial charge in [-0.3, -0.25) is 9.59 Å². The van der Waals surface area contributed by atoms with Crippen LogP contribution in [0.4, 0.5) is 0 Å². The van der Waals surface area contributed by atoms with E-state index in [-0.39, 0.29) is 24.7 Å². The predicted octanol–water partition coefficient (Wildman–Crippen LogP) is 2.59. The van der Waals surface area contributed by atoms with Gasteiger partial charge in [0.2, 0.25) is 6.79 Å². The van der Waals surface area contributed by atoms with Crippen molar-refractivity contribution in [3.8, 4) is 11.5 Å². The molecule has 168 valence electrons. The van der Waals surface area contributed by atoms with Crippen LogP contribution in [0.2, 0.25) is 0 Å². The molecule has 0 spiro atoms. The highest BCUT2D eigenvalue weighted by molar-refractivity contribution is 6.05. The summed E-state index contributed by atoms with van der Waals surface area (Å²) in [6.07, 6.45) is 2.82. The van der Waals surface area contributed by atoms with Crippen molar-refractivity contribution in [3.63, 3.8) is 0 Å². The predicted molar refractivity (Wildman–Crippen MR) is 116 cm³/mol. The van der Waals surface area contributed by atoms with Crippen LogP contribution < -0.4 is 20.1 Å². The summed E-state index contributed by atoms with van der Waals surface area (Å²) in [5, 5.41) is 14.6. The zero-order valence-electron chi connectivity index (χ0n) is 17.3. The second-order valence-corrected chi connectivity index (χ2v) is 7.16. The lowest BCUT2D eigenvalue weighted by molar-refractivity contribution is -0.141. The number of amides is 2. The quantitative estimate of drug-likeness (QED) is 0.452. The molecule has 1 aromatic heterocycles. The van der Waals surface area contributed by atoms with E-state index in [1.165, 1.54) is 24.5 Å². The third kappa shape index (κ3) is 5.40. The highest BCUT2D eigenvalue weighted by Gasteiger charge is 2.24. The van der Waals surface area contributed by atoms with Gasteiger partial charge in [-0.05, 0) is 41.5 Å². The number of carbonyl (C=O) groups excluding carboxylic acids is 2. The topological polar surface area (TPSA) is 127 Å². The molecule has 1 aliphatic heterocycles. The van der Waals surface area contributed by atoms with Gasteiger partial charge in [-0.15, -0.1) is 0 Å². The van der Waals surface area contributed by atoms with Crippen molar-refractivity contribution in [3.05, 3.63) is 89.5 Å². The van der Waals surface area contributed by atoms with E-state index in [0.29, 0.717) is 17.1 Å². The summed E-state index contributed by atoms with van der Waals surface area (Å²) in [6, 6.07) is 15.7. The Morgan fingerprint density at radius 1 is 1.00 bits per heavy atom. The minimum absolute atomic E-state index is 0.00143. The second kappa shape index (κ2) is 9.73. The largest absolute Gasteiger partial charge is 0.480 e. The van der Waals surface area contributed by atoms with Gasteiger partial charge in [-0.2, -0.15) is 0 Å². The molecule has 0 aliphatic carbocycles. The summed E-state index contributed by atoms with van der Waals surface area (Å²) in [6.45, 7) is 0.0881. The van der Waals surface area contributed by atoms with Crippen LogP contribution in [-0.2, 0) is 16.0 Å². The molecule has 2 amide bonds. The van der Waals surface area contributed by atoms with Crippen LogP contribution in [-0.4, -0.2) is 35.7 Å². The lowest BCUT2D eigenvalue weighted by Gasteiger charge is -2.16. The van der Waals surface area contributed by atoms with Gasteiger partial charge in [0.15, 0.2) is 17.3 Å². The summed E-state index contributed by atoms with van der Waals surface area (Å²) in [4.78, 5) is 37.4. The first kappa shape index (κ1) is 21.7. The first-order valence-corrected chi connectivity index (χ1v) is 10.0. The normalized spacial score (nSPS) is 13.3. The summed E-state index contributed by atoms with van der Waals surface area (Å²) in [5.74, 6) is -1.57. The van der Waals surface area contributed by atoms with Crippen LogP contribution in [0.15, 0.2) is 77.0 Å². The minimum Gasteiger partial charge on any atom is -0.480 e. The average Bonchev–Trinajstić information content (AvgIpc) is 3.50. The van der Waals surface area contributed by atoms with Gasteiger partial charge < -0.3 is 29.6 Å². The number of fused-ring (bicyclic) bond motifs is 1. The Bertz CT molecular complexity index is 1190. The molecule has 2 heterocycles. The van der Waals surface area contributed by atoms with E-state index in [1.54, 1.807) is 42.5 Å². The molecule has 0 saturated heterocycles. The fourth-order valence-electron chi connectivity index (χ4n) is 3.21. The van der Waals surface area contributed by atoms with E-state index in [1.807, 2.05) is 6.07 Å². The fourth-order valence-corrected chi connectivity index (χ4v) is 3.21. The van der Waals surface area contributed by atoms with E-state index >= 15 is 0 Å². The number of benzene rings is 2. The molecule has 0 bridgehead atoms. The maximum atomic E-state index is 13.0. The zero-order chi connectivity index (χ0) is 23.2. The van der Waals surface area contributed by atoms with Gasteiger partial charge in [-0.1, -0.05) is 36.4 Å². The zero-order valence-corrected chi connectivity index (χ0v) is 17.3. The molecule has 3 aromatic rings. The van der Waals surface area contributed by atoms with E-state index in [2.05, 4.69) is 10.6 Å². The van der Waals surface area contributed by atoms with Crippen LogP contribution >= 0.6 is 0 Å². The van der Waals surface area contributed by atoms with Crippen LogP contribution in [0.3, 0.4) is 0 Å². The third-order valence-corrected chi connectivity index (χ3v) is 4.83. The van der Waals surface area contributed by atoms with Gasteiger partial charge >= 0.3 is 5.97 Å². The van der Waals surface area contributed by atoms with E-state index in [9.17, 15) is 19.5 Å². The van der Waals surface area contributed by atoms with Crippen molar-refractivity contribution in [1.82, 2.24) is 10.6 Å². The fraction of sp³-hybridized carbons (Fsp3) is 0.125. The van der Waals surface area contributed by atoms with Gasteiger partial charge in [0, 0.05) is 6.42 Å². The lowest BCUT2D eigenvalue weighted by atomic mass is 10.1. The van der Waals surface area contributed by atoms with Crippen LogP contribution in [0.25, 0.3) is 6.08 Å². The number of rotatable bonds is 8. The smallest absolute Gasteiger partial charge is 0.326 e. The van der Waals surface area contributed by atoms with Gasteiger partial charge in [0.25, 0.3) is 11.8 Å². The molecule has 0 fully saturated rings. The lowest BCUT2D eigenvalue weighted by Crippen LogP contribution is -2.45. The number of hydrogen-bond acceptors (Lipinski definition) is 6. The second-order valence-electron chi connectivity index (χ2n) is 7.16. The van der Waals surface area contributed by atoms with Crippen molar-refractivity contribution in [2.45, 2.75) is 12.5 Å². The number of furan rings is 1.